The van der Waals surface area contributed by atoms with Gasteiger partial charge in [0.25, 0.3) is 5.56 Å². The van der Waals surface area contributed by atoms with Gasteiger partial charge in [-0.15, -0.1) is 0 Å². The molecule has 8 heteroatoms. The van der Waals surface area contributed by atoms with E-state index >= 15 is 0 Å². The van der Waals surface area contributed by atoms with Crippen LogP contribution in [0.3, 0.4) is 0 Å². The third-order valence-electron chi connectivity index (χ3n) is 4.06. The summed E-state index contributed by atoms with van der Waals surface area (Å²) in [5.74, 6) is 0.0837. The van der Waals surface area contributed by atoms with E-state index in [-0.39, 0.29) is 12.2 Å². The number of ether oxygens (including phenoxy) is 2. The lowest BCUT2D eigenvalue weighted by Gasteiger charge is -2.08. The van der Waals surface area contributed by atoms with E-state index < -0.39 is 5.97 Å². The normalized spacial score (nSPS) is 10.8. The zero-order valence-electron chi connectivity index (χ0n) is 15.6. The van der Waals surface area contributed by atoms with Crippen LogP contribution in [-0.4, -0.2) is 20.6 Å². The van der Waals surface area contributed by atoms with E-state index in [1.807, 2.05) is 30.3 Å². The molecule has 2 heterocycles. The quantitative estimate of drug-likeness (QED) is 0.456. The Morgan fingerprint density at radius 2 is 1.90 bits per heavy atom. The zero-order valence-corrected chi connectivity index (χ0v) is 16.4. The number of benzene rings is 2. The van der Waals surface area contributed by atoms with E-state index in [0.717, 1.165) is 5.56 Å². The number of hydrogen-bond donors (Lipinski definition) is 0. The minimum absolute atomic E-state index is 0.0412. The average Bonchev–Trinajstić information content (AvgIpc) is 3.15. The molecule has 0 saturated carbocycles. The summed E-state index contributed by atoms with van der Waals surface area (Å²) in [4.78, 5) is 29.0. The number of esters is 1. The molecule has 29 heavy (non-hydrogen) atoms. The highest BCUT2D eigenvalue weighted by atomic mass is 32.1. The second-order valence-corrected chi connectivity index (χ2v) is 7.34. The maximum absolute atomic E-state index is 12.4. The van der Waals surface area contributed by atoms with Crippen molar-refractivity contribution in [3.63, 3.8) is 0 Å². The molecule has 0 aliphatic carbocycles. The molecule has 4 rings (SSSR count). The van der Waals surface area contributed by atoms with E-state index in [0.29, 0.717) is 33.6 Å². The van der Waals surface area contributed by atoms with Crippen LogP contribution < -0.4 is 10.3 Å². The SMILES string of the molecule is Cc1cc(=O)n2nc(COC(=O)c3cccc(OCc4ccccc4)c3)sc2n1. The summed E-state index contributed by atoms with van der Waals surface area (Å²) in [6, 6.07) is 18.0. The highest BCUT2D eigenvalue weighted by Crippen LogP contribution is 2.18. The van der Waals surface area contributed by atoms with Gasteiger partial charge in [0, 0.05) is 11.8 Å². The van der Waals surface area contributed by atoms with Crippen molar-refractivity contribution in [3.8, 4) is 5.75 Å². The summed E-state index contributed by atoms with van der Waals surface area (Å²) in [6.07, 6.45) is 0. The highest BCUT2D eigenvalue weighted by molar-refractivity contribution is 7.16. The second kappa shape index (κ2) is 8.24. The summed E-state index contributed by atoms with van der Waals surface area (Å²) in [5, 5.41) is 4.65. The van der Waals surface area contributed by atoms with Gasteiger partial charge in [-0.1, -0.05) is 47.7 Å². The molecule has 4 aromatic rings. The zero-order chi connectivity index (χ0) is 20.2. The molecule has 0 aliphatic heterocycles. The Balaban J connectivity index is 1.41. The number of aryl methyl sites for hydroxylation is 1. The van der Waals surface area contributed by atoms with Crippen LogP contribution >= 0.6 is 11.3 Å². The van der Waals surface area contributed by atoms with Crippen LogP contribution in [-0.2, 0) is 18.0 Å². The number of carbonyl (C=O) groups is 1. The van der Waals surface area contributed by atoms with Crippen molar-refractivity contribution >= 4 is 22.3 Å². The first-order valence-corrected chi connectivity index (χ1v) is 9.70. The fourth-order valence-electron chi connectivity index (χ4n) is 2.68. The Morgan fingerprint density at radius 3 is 2.72 bits per heavy atom. The van der Waals surface area contributed by atoms with Crippen molar-refractivity contribution in [2.24, 2.45) is 0 Å². The minimum Gasteiger partial charge on any atom is -0.489 e. The van der Waals surface area contributed by atoms with Gasteiger partial charge in [-0.25, -0.2) is 9.78 Å². The van der Waals surface area contributed by atoms with Crippen LogP contribution in [0.1, 0.15) is 26.6 Å². The van der Waals surface area contributed by atoms with E-state index in [1.54, 1.807) is 31.2 Å². The Bertz CT molecular complexity index is 1220. The first-order valence-electron chi connectivity index (χ1n) is 8.89. The monoisotopic (exact) mass is 407 g/mol. The maximum atomic E-state index is 12.4. The van der Waals surface area contributed by atoms with Crippen LogP contribution in [0.25, 0.3) is 4.96 Å². The summed E-state index contributed by atoms with van der Waals surface area (Å²) in [6.45, 7) is 2.11. The predicted octanol–water partition coefficient (Wildman–Crippen LogP) is 3.40. The third kappa shape index (κ3) is 4.49. The van der Waals surface area contributed by atoms with Crippen LogP contribution in [0.2, 0.25) is 0 Å². The highest BCUT2D eigenvalue weighted by Gasteiger charge is 2.12. The lowest BCUT2D eigenvalue weighted by atomic mass is 10.2. The fourth-order valence-corrected chi connectivity index (χ4v) is 3.54. The number of carbonyl (C=O) groups excluding carboxylic acids is 1. The standard InChI is InChI=1S/C21H17N3O4S/c1-14-10-19(25)24-21(22-14)29-18(23-24)13-28-20(26)16-8-5-9-17(11-16)27-12-15-6-3-2-4-7-15/h2-11H,12-13H2,1H3. The number of aromatic nitrogens is 3. The summed E-state index contributed by atoms with van der Waals surface area (Å²) in [7, 11) is 0. The van der Waals surface area contributed by atoms with Crippen LogP contribution in [0.15, 0.2) is 65.5 Å². The molecule has 2 aromatic carbocycles. The smallest absolute Gasteiger partial charge is 0.338 e. The number of fused-ring (bicyclic) bond motifs is 1. The van der Waals surface area contributed by atoms with E-state index in [4.69, 9.17) is 9.47 Å². The molecule has 0 unspecified atom stereocenters. The Kier molecular flexibility index (Phi) is 5.35. The molecule has 0 aliphatic rings. The van der Waals surface area contributed by atoms with Crippen molar-refractivity contribution in [2.75, 3.05) is 0 Å². The molecule has 7 nitrogen and oxygen atoms in total. The lowest BCUT2D eigenvalue weighted by molar-refractivity contribution is 0.0471. The van der Waals surface area contributed by atoms with Gasteiger partial charge < -0.3 is 9.47 Å². The van der Waals surface area contributed by atoms with Crippen LogP contribution in [0.5, 0.6) is 5.75 Å². The first kappa shape index (κ1) is 18.8. The maximum Gasteiger partial charge on any atom is 0.338 e. The van der Waals surface area contributed by atoms with E-state index in [9.17, 15) is 9.59 Å². The number of nitrogens with zero attached hydrogens (tertiary/aromatic N) is 3. The van der Waals surface area contributed by atoms with Crippen LogP contribution in [0, 0.1) is 6.92 Å². The molecular weight excluding hydrogens is 390 g/mol. The van der Waals surface area contributed by atoms with Crippen LogP contribution in [0.4, 0.5) is 0 Å². The molecule has 2 aromatic heterocycles. The van der Waals surface area contributed by atoms with Gasteiger partial charge in [0.1, 0.15) is 19.0 Å². The summed E-state index contributed by atoms with van der Waals surface area (Å²) >= 11 is 1.21. The third-order valence-corrected chi connectivity index (χ3v) is 4.94. The van der Waals surface area contributed by atoms with Gasteiger partial charge in [-0.3, -0.25) is 4.79 Å². The van der Waals surface area contributed by atoms with E-state index in [2.05, 4.69) is 10.1 Å². The van der Waals surface area contributed by atoms with Gasteiger partial charge in [0.15, 0.2) is 5.01 Å². The Hall–Kier alpha value is -3.52. The van der Waals surface area contributed by atoms with Gasteiger partial charge in [0.2, 0.25) is 4.96 Å². The van der Waals surface area contributed by atoms with Gasteiger partial charge in [-0.05, 0) is 30.7 Å². The largest absolute Gasteiger partial charge is 0.489 e. The topological polar surface area (TPSA) is 82.8 Å². The van der Waals surface area contributed by atoms with Crippen molar-refractivity contribution in [2.45, 2.75) is 20.1 Å². The summed E-state index contributed by atoms with van der Waals surface area (Å²) < 4.78 is 12.3. The Labute approximate surface area is 170 Å². The molecular formula is C21H17N3O4S. The second-order valence-electron chi connectivity index (χ2n) is 6.30. The van der Waals surface area contributed by atoms with Crippen molar-refractivity contribution < 1.29 is 14.3 Å². The number of rotatable bonds is 6. The molecule has 146 valence electrons. The molecule has 0 fully saturated rings. The fraction of sp³-hybridized carbons (Fsp3) is 0.143. The molecule has 0 saturated heterocycles. The van der Waals surface area contributed by atoms with Gasteiger partial charge >= 0.3 is 5.97 Å². The molecule has 0 radical (unpaired) electrons. The lowest BCUT2D eigenvalue weighted by Crippen LogP contribution is -2.14. The molecule has 0 N–H and O–H groups in total. The summed E-state index contributed by atoms with van der Waals surface area (Å²) in [5.41, 5.74) is 1.78. The van der Waals surface area contributed by atoms with Crippen molar-refractivity contribution in [3.05, 3.63) is 92.8 Å². The minimum atomic E-state index is -0.495. The van der Waals surface area contributed by atoms with Gasteiger partial charge in [0.05, 0.1) is 5.56 Å². The Morgan fingerprint density at radius 1 is 1.07 bits per heavy atom. The molecule has 0 spiro atoms. The van der Waals surface area contributed by atoms with Gasteiger partial charge in [-0.2, -0.15) is 9.61 Å². The molecule has 0 atom stereocenters. The molecule has 0 bridgehead atoms. The van der Waals surface area contributed by atoms with Crippen molar-refractivity contribution in [1.29, 1.82) is 0 Å². The van der Waals surface area contributed by atoms with E-state index in [1.165, 1.54) is 21.9 Å². The van der Waals surface area contributed by atoms with Crippen molar-refractivity contribution in [1.82, 2.24) is 14.6 Å². The average molecular weight is 407 g/mol. The number of hydrogen-bond acceptors (Lipinski definition) is 7. The predicted molar refractivity (Wildman–Crippen MR) is 108 cm³/mol. The molecule has 0 amide bonds. The first-order chi connectivity index (χ1) is 14.1.